The number of anilines is 1. The van der Waals surface area contributed by atoms with Crippen LogP contribution in [0.1, 0.15) is 5.56 Å². The Morgan fingerprint density at radius 1 is 1.26 bits per heavy atom. The Kier molecular flexibility index (Phi) is 7.42. The standard InChI is InChI=1S/C20H14F2N2O2S/c1-2-11-26-18-6-4-3-5-14(18)12-15(13-23)19(25)24-16-7-9-17(10-8-16)27-20(21)22/h1,3-10,12,20H,11H2,(H,24,25)/b15-12+. The highest BCUT2D eigenvalue weighted by Gasteiger charge is 2.12. The Morgan fingerprint density at radius 3 is 2.59 bits per heavy atom. The lowest BCUT2D eigenvalue weighted by Crippen LogP contribution is -2.13. The Labute approximate surface area is 159 Å². The molecule has 0 heterocycles. The van der Waals surface area contributed by atoms with E-state index in [1.165, 1.54) is 30.3 Å². The van der Waals surface area contributed by atoms with Crippen molar-refractivity contribution in [1.29, 1.82) is 5.26 Å². The lowest BCUT2D eigenvalue weighted by molar-refractivity contribution is -0.112. The van der Waals surface area contributed by atoms with E-state index in [0.717, 1.165) is 0 Å². The topological polar surface area (TPSA) is 62.1 Å². The Morgan fingerprint density at radius 2 is 1.96 bits per heavy atom. The molecule has 0 saturated carbocycles. The molecule has 136 valence electrons. The van der Waals surface area contributed by atoms with Crippen LogP contribution in [0.4, 0.5) is 14.5 Å². The third-order valence-electron chi connectivity index (χ3n) is 3.23. The highest BCUT2D eigenvalue weighted by Crippen LogP contribution is 2.26. The molecular weight excluding hydrogens is 370 g/mol. The zero-order chi connectivity index (χ0) is 19.6. The summed E-state index contributed by atoms with van der Waals surface area (Å²) in [6.45, 7) is 0.0575. The van der Waals surface area contributed by atoms with Gasteiger partial charge in [0, 0.05) is 16.1 Å². The molecule has 0 aliphatic rings. The first kappa shape index (κ1) is 20.0. The fourth-order valence-electron chi connectivity index (χ4n) is 2.07. The summed E-state index contributed by atoms with van der Waals surface area (Å²) in [7, 11) is 0. The number of thioether (sulfide) groups is 1. The molecule has 1 N–H and O–H groups in total. The van der Waals surface area contributed by atoms with Crippen molar-refractivity contribution in [2.75, 3.05) is 11.9 Å². The van der Waals surface area contributed by atoms with Gasteiger partial charge in [-0.3, -0.25) is 4.79 Å². The van der Waals surface area contributed by atoms with E-state index >= 15 is 0 Å². The molecule has 0 unspecified atom stereocenters. The molecule has 0 atom stereocenters. The summed E-state index contributed by atoms with van der Waals surface area (Å²) < 4.78 is 30.0. The molecule has 0 aromatic heterocycles. The number of terminal acetylenes is 1. The molecule has 0 aliphatic carbocycles. The van der Waals surface area contributed by atoms with Gasteiger partial charge in [-0.2, -0.15) is 14.0 Å². The van der Waals surface area contributed by atoms with Gasteiger partial charge in [-0.25, -0.2) is 0 Å². The first-order chi connectivity index (χ1) is 13.0. The number of nitrogens with one attached hydrogen (secondary N) is 1. The van der Waals surface area contributed by atoms with Crippen molar-refractivity contribution in [2.45, 2.75) is 10.7 Å². The Hall–Kier alpha value is -3.29. The lowest BCUT2D eigenvalue weighted by Gasteiger charge is -2.08. The quantitative estimate of drug-likeness (QED) is 0.329. The molecule has 0 radical (unpaired) electrons. The molecular formula is C20H14F2N2O2S. The molecule has 0 bridgehead atoms. The van der Waals surface area contributed by atoms with Crippen molar-refractivity contribution in [3.8, 4) is 24.2 Å². The normalized spacial score (nSPS) is 10.8. The number of halogens is 2. The summed E-state index contributed by atoms with van der Waals surface area (Å²) in [5.74, 6) is -0.350. The summed E-state index contributed by atoms with van der Waals surface area (Å²) in [4.78, 5) is 12.7. The molecule has 2 rings (SSSR count). The SMILES string of the molecule is C#CCOc1ccccc1/C=C(\C#N)C(=O)Nc1ccc(SC(F)F)cc1. The number of hydrogen-bond donors (Lipinski definition) is 1. The van der Waals surface area contributed by atoms with Crippen LogP contribution in [0.25, 0.3) is 6.08 Å². The Bertz CT molecular complexity index is 913. The van der Waals surface area contributed by atoms with E-state index in [2.05, 4.69) is 11.2 Å². The van der Waals surface area contributed by atoms with E-state index in [0.29, 0.717) is 33.7 Å². The molecule has 27 heavy (non-hydrogen) atoms. The lowest BCUT2D eigenvalue weighted by atomic mass is 10.1. The van der Waals surface area contributed by atoms with Crippen molar-refractivity contribution >= 4 is 29.4 Å². The van der Waals surface area contributed by atoms with Gasteiger partial charge in [-0.1, -0.05) is 35.9 Å². The fourth-order valence-corrected chi connectivity index (χ4v) is 2.57. The minimum Gasteiger partial charge on any atom is -0.480 e. The first-order valence-electron chi connectivity index (χ1n) is 7.67. The predicted molar refractivity (Wildman–Crippen MR) is 101 cm³/mol. The van der Waals surface area contributed by atoms with Crippen molar-refractivity contribution in [3.05, 3.63) is 59.7 Å². The predicted octanol–water partition coefficient (Wildman–Crippen LogP) is 4.56. The van der Waals surface area contributed by atoms with Gasteiger partial charge in [0.2, 0.25) is 0 Å². The van der Waals surface area contributed by atoms with Gasteiger partial charge in [0.25, 0.3) is 11.7 Å². The van der Waals surface area contributed by atoms with Crippen LogP contribution in [0.5, 0.6) is 5.75 Å². The van der Waals surface area contributed by atoms with Gasteiger partial charge >= 0.3 is 0 Å². The van der Waals surface area contributed by atoms with E-state index in [9.17, 15) is 18.8 Å². The number of hydrogen-bond acceptors (Lipinski definition) is 4. The minimum atomic E-state index is -2.52. The zero-order valence-electron chi connectivity index (χ0n) is 14.0. The maximum atomic E-state index is 12.3. The number of para-hydroxylation sites is 1. The van der Waals surface area contributed by atoms with E-state index < -0.39 is 11.7 Å². The first-order valence-corrected chi connectivity index (χ1v) is 8.54. The van der Waals surface area contributed by atoms with Crippen LogP contribution in [0.2, 0.25) is 0 Å². The number of rotatable bonds is 7. The third-order valence-corrected chi connectivity index (χ3v) is 3.95. The molecule has 4 nitrogen and oxygen atoms in total. The number of benzene rings is 2. The number of carbonyl (C=O) groups excluding carboxylic acids is 1. The average molecular weight is 384 g/mol. The van der Waals surface area contributed by atoms with Crippen molar-refractivity contribution in [2.24, 2.45) is 0 Å². The molecule has 7 heteroatoms. The smallest absolute Gasteiger partial charge is 0.288 e. The summed E-state index contributed by atoms with van der Waals surface area (Å²) in [5, 5.41) is 11.9. The van der Waals surface area contributed by atoms with Crippen molar-refractivity contribution < 1.29 is 18.3 Å². The number of nitrogens with zero attached hydrogens (tertiary/aromatic N) is 1. The summed E-state index contributed by atoms with van der Waals surface area (Å²) >= 11 is 0.409. The number of amides is 1. The second kappa shape index (κ2) is 10.0. The average Bonchev–Trinajstić information content (AvgIpc) is 2.66. The monoisotopic (exact) mass is 384 g/mol. The van der Waals surface area contributed by atoms with Crippen LogP contribution in [0.3, 0.4) is 0 Å². The van der Waals surface area contributed by atoms with Crippen LogP contribution < -0.4 is 10.1 Å². The van der Waals surface area contributed by atoms with E-state index in [1.54, 1.807) is 24.3 Å². The molecule has 0 aliphatic heterocycles. The van der Waals surface area contributed by atoms with Crippen LogP contribution in [-0.2, 0) is 4.79 Å². The number of nitriles is 1. The maximum Gasteiger partial charge on any atom is 0.288 e. The molecule has 0 fully saturated rings. The molecule has 1 amide bonds. The van der Waals surface area contributed by atoms with E-state index in [-0.39, 0.29) is 12.2 Å². The number of ether oxygens (including phenoxy) is 1. The van der Waals surface area contributed by atoms with E-state index in [4.69, 9.17) is 11.2 Å². The Balaban J connectivity index is 2.16. The van der Waals surface area contributed by atoms with Crippen LogP contribution >= 0.6 is 11.8 Å². The van der Waals surface area contributed by atoms with Crippen molar-refractivity contribution in [3.63, 3.8) is 0 Å². The van der Waals surface area contributed by atoms with E-state index in [1.807, 2.05) is 6.07 Å². The molecule has 2 aromatic rings. The van der Waals surface area contributed by atoms with Crippen LogP contribution in [0.15, 0.2) is 59.0 Å². The molecule has 0 spiro atoms. The highest BCUT2D eigenvalue weighted by atomic mass is 32.2. The number of carbonyl (C=O) groups is 1. The summed E-state index contributed by atoms with van der Waals surface area (Å²) in [6.07, 6.45) is 6.57. The minimum absolute atomic E-state index is 0.0575. The summed E-state index contributed by atoms with van der Waals surface area (Å²) in [5.41, 5.74) is 0.776. The second-order valence-corrected chi connectivity index (χ2v) is 6.12. The second-order valence-electron chi connectivity index (χ2n) is 5.06. The largest absolute Gasteiger partial charge is 0.480 e. The van der Waals surface area contributed by atoms with Crippen LogP contribution in [-0.4, -0.2) is 18.3 Å². The number of alkyl halides is 2. The van der Waals surface area contributed by atoms with Crippen molar-refractivity contribution in [1.82, 2.24) is 0 Å². The van der Waals surface area contributed by atoms with Gasteiger partial charge in [0.05, 0.1) is 0 Å². The fraction of sp³-hybridized carbons (Fsp3) is 0.100. The van der Waals surface area contributed by atoms with Gasteiger partial charge in [0.1, 0.15) is 24.0 Å². The maximum absolute atomic E-state index is 12.3. The third kappa shape index (κ3) is 6.18. The van der Waals surface area contributed by atoms with Gasteiger partial charge in [0.15, 0.2) is 0 Å². The van der Waals surface area contributed by atoms with Crippen LogP contribution in [0, 0.1) is 23.7 Å². The zero-order valence-corrected chi connectivity index (χ0v) is 14.8. The highest BCUT2D eigenvalue weighted by molar-refractivity contribution is 7.99. The summed E-state index contributed by atoms with van der Waals surface area (Å²) in [6, 6.07) is 14.6. The molecule has 0 saturated heterocycles. The van der Waals surface area contributed by atoms with Gasteiger partial charge < -0.3 is 10.1 Å². The van der Waals surface area contributed by atoms with Gasteiger partial charge in [-0.15, -0.1) is 6.42 Å². The molecule has 2 aromatic carbocycles. The van der Waals surface area contributed by atoms with Gasteiger partial charge in [-0.05, 0) is 36.4 Å².